The Morgan fingerprint density at radius 2 is 1.83 bits per heavy atom. The highest BCUT2D eigenvalue weighted by Crippen LogP contribution is 2.25. The van der Waals surface area contributed by atoms with Gasteiger partial charge in [0.15, 0.2) is 0 Å². The lowest BCUT2D eigenvalue weighted by Crippen LogP contribution is -2.53. The van der Waals surface area contributed by atoms with Crippen molar-refractivity contribution < 1.29 is 4.74 Å². The highest BCUT2D eigenvalue weighted by atomic mass is 32.1. The molecular weight excluding hydrogens is 304 g/mol. The van der Waals surface area contributed by atoms with Crippen molar-refractivity contribution >= 4 is 11.3 Å². The van der Waals surface area contributed by atoms with Crippen molar-refractivity contribution in [2.45, 2.75) is 12.6 Å². The molecule has 1 aliphatic heterocycles. The number of benzene rings is 1. The van der Waals surface area contributed by atoms with E-state index in [-0.39, 0.29) is 0 Å². The molecule has 2 aromatic heterocycles. The Balaban J connectivity index is 1.29. The van der Waals surface area contributed by atoms with Gasteiger partial charge in [-0.05, 0) is 34.7 Å². The summed E-state index contributed by atoms with van der Waals surface area (Å²) in [5.74, 6) is 0.907. The fourth-order valence-corrected chi connectivity index (χ4v) is 3.54. The molecule has 3 heterocycles. The molecular formula is C19H18N2OS. The molecule has 1 fully saturated rings. The van der Waals surface area contributed by atoms with Crippen molar-refractivity contribution in [3.05, 3.63) is 71.9 Å². The van der Waals surface area contributed by atoms with E-state index in [2.05, 4.69) is 51.7 Å². The lowest BCUT2D eigenvalue weighted by atomic mass is 10.1. The van der Waals surface area contributed by atoms with Gasteiger partial charge in [-0.25, -0.2) is 0 Å². The minimum absolute atomic E-state index is 0.294. The second kappa shape index (κ2) is 6.52. The number of nitrogens with zero attached hydrogens (tertiary/aromatic N) is 2. The summed E-state index contributed by atoms with van der Waals surface area (Å²) in [4.78, 5) is 7.74. The maximum Gasteiger partial charge on any atom is 0.124 e. The Hall–Kier alpha value is -2.17. The molecule has 4 rings (SSSR count). The van der Waals surface area contributed by atoms with Crippen LogP contribution in [0.3, 0.4) is 0 Å². The third kappa shape index (κ3) is 3.44. The zero-order valence-electron chi connectivity index (χ0n) is 12.8. The van der Waals surface area contributed by atoms with E-state index in [0.29, 0.717) is 6.10 Å². The highest BCUT2D eigenvalue weighted by Gasteiger charge is 2.28. The van der Waals surface area contributed by atoms with Gasteiger partial charge >= 0.3 is 0 Å². The van der Waals surface area contributed by atoms with E-state index in [1.54, 1.807) is 23.7 Å². The van der Waals surface area contributed by atoms with Crippen LogP contribution in [0.1, 0.15) is 5.56 Å². The van der Waals surface area contributed by atoms with Crippen LogP contribution in [0.4, 0.5) is 0 Å². The molecule has 0 N–H and O–H groups in total. The van der Waals surface area contributed by atoms with E-state index >= 15 is 0 Å². The Morgan fingerprint density at radius 1 is 1.04 bits per heavy atom. The van der Waals surface area contributed by atoms with Crippen LogP contribution >= 0.6 is 11.3 Å². The quantitative estimate of drug-likeness (QED) is 0.708. The van der Waals surface area contributed by atoms with Gasteiger partial charge in [0.25, 0.3) is 0 Å². The molecule has 1 aliphatic rings. The van der Waals surface area contributed by atoms with Gasteiger partial charge in [-0.2, -0.15) is 0 Å². The first kappa shape index (κ1) is 14.4. The fraction of sp³-hybridized carbons (Fsp3) is 0.211. The summed E-state index contributed by atoms with van der Waals surface area (Å²) in [5.41, 5.74) is 2.65. The highest BCUT2D eigenvalue weighted by molar-refractivity contribution is 7.13. The van der Waals surface area contributed by atoms with Gasteiger partial charge in [0.05, 0.1) is 0 Å². The second-order valence-electron chi connectivity index (χ2n) is 5.79. The number of aromatic nitrogens is 1. The number of likely N-dealkylation sites (tertiary alicyclic amines) is 1. The first-order valence-corrected chi connectivity index (χ1v) is 8.67. The van der Waals surface area contributed by atoms with E-state index in [1.165, 1.54) is 16.0 Å². The standard InChI is InChI=1S/C19H18N2OS/c1-2-19(23-11-1)16-5-3-15(4-6-16)12-21-13-18(14-21)22-17-7-9-20-10-8-17/h1-11,18H,12-14H2. The Kier molecular flexibility index (Phi) is 4.09. The molecule has 0 unspecified atom stereocenters. The average molecular weight is 322 g/mol. The lowest BCUT2D eigenvalue weighted by Gasteiger charge is -2.39. The van der Waals surface area contributed by atoms with Gasteiger partial charge in [-0.1, -0.05) is 30.3 Å². The first-order chi connectivity index (χ1) is 11.4. The van der Waals surface area contributed by atoms with E-state index in [4.69, 9.17) is 4.74 Å². The molecule has 0 bridgehead atoms. The van der Waals surface area contributed by atoms with E-state index < -0.39 is 0 Å². The van der Waals surface area contributed by atoms with E-state index in [9.17, 15) is 0 Å². The molecule has 0 amide bonds. The topological polar surface area (TPSA) is 25.4 Å². The van der Waals surface area contributed by atoms with Gasteiger partial charge in [-0.15, -0.1) is 11.3 Å². The third-order valence-electron chi connectivity index (χ3n) is 4.04. The molecule has 1 saturated heterocycles. The van der Waals surface area contributed by atoms with Crippen LogP contribution in [0.5, 0.6) is 5.75 Å². The maximum atomic E-state index is 5.91. The lowest BCUT2D eigenvalue weighted by molar-refractivity contribution is 0.0145. The predicted octanol–water partition coefficient (Wildman–Crippen LogP) is 4.07. The molecule has 3 nitrogen and oxygen atoms in total. The molecule has 1 aromatic carbocycles. The van der Waals surface area contributed by atoms with Gasteiger partial charge in [0.2, 0.25) is 0 Å². The normalized spacial score (nSPS) is 15.3. The minimum Gasteiger partial charge on any atom is -0.488 e. The summed E-state index contributed by atoms with van der Waals surface area (Å²) in [7, 11) is 0. The number of thiophene rings is 1. The van der Waals surface area contributed by atoms with Crippen LogP contribution in [0.25, 0.3) is 10.4 Å². The summed E-state index contributed by atoms with van der Waals surface area (Å²) in [6.45, 7) is 2.95. The van der Waals surface area contributed by atoms with Crippen LogP contribution in [-0.4, -0.2) is 29.1 Å². The predicted molar refractivity (Wildman–Crippen MR) is 93.7 cm³/mol. The van der Waals surface area contributed by atoms with Crippen molar-refractivity contribution in [3.63, 3.8) is 0 Å². The van der Waals surface area contributed by atoms with E-state index in [0.717, 1.165) is 25.4 Å². The van der Waals surface area contributed by atoms with Crippen LogP contribution in [0.2, 0.25) is 0 Å². The molecule has 0 saturated carbocycles. The molecule has 0 atom stereocenters. The van der Waals surface area contributed by atoms with Crippen LogP contribution in [0, 0.1) is 0 Å². The fourth-order valence-electron chi connectivity index (χ4n) is 2.81. The smallest absolute Gasteiger partial charge is 0.124 e. The third-order valence-corrected chi connectivity index (χ3v) is 4.96. The number of pyridine rings is 1. The van der Waals surface area contributed by atoms with Crippen molar-refractivity contribution in [3.8, 4) is 16.2 Å². The number of rotatable bonds is 5. The number of ether oxygens (including phenoxy) is 1. The van der Waals surface area contributed by atoms with Gasteiger partial charge in [-0.3, -0.25) is 9.88 Å². The van der Waals surface area contributed by atoms with Crippen molar-refractivity contribution in [1.82, 2.24) is 9.88 Å². The Morgan fingerprint density at radius 3 is 2.52 bits per heavy atom. The summed E-state index contributed by atoms with van der Waals surface area (Å²) in [6, 6.07) is 17.0. The number of hydrogen-bond acceptors (Lipinski definition) is 4. The van der Waals surface area contributed by atoms with Gasteiger partial charge < -0.3 is 4.74 Å². The molecule has 23 heavy (non-hydrogen) atoms. The molecule has 0 aliphatic carbocycles. The van der Waals surface area contributed by atoms with Crippen LogP contribution in [-0.2, 0) is 6.54 Å². The second-order valence-corrected chi connectivity index (χ2v) is 6.74. The summed E-state index contributed by atoms with van der Waals surface area (Å²) in [6.07, 6.45) is 3.82. The monoisotopic (exact) mass is 322 g/mol. The first-order valence-electron chi connectivity index (χ1n) is 7.79. The van der Waals surface area contributed by atoms with Gasteiger partial charge in [0.1, 0.15) is 11.9 Å². The largest absolute Gasteiger partial charge is 0.488 e. The molecule has 0 radical (unpaired) electrons. The molecule has 4 heteroatoms. The summed E-state index contributed by atoms with van der Waals surface area (Å²) >= 11 is 1.78. The molecule has 116 valence electrons. The Bertz CT molecular complexity index is 735. The minimum atomic E-state index is 0.294. The maximum absolute atomic E-state index is 5.91. The average Bonchev–Trinajstić information content (AvgIpc) is 3.09. The van der Waals surface area contributed by atoms with Crippen LogP contribution < -0.4 is 4.74 Å². The summed E-state index contributed by atoms with van der Waals surface area (Å²) in [5, 5.41) is 2.12. The van der Waals surface area contributed by atoms with Crippen molar-refractivity contribution in [2.75, 3.05) is 13.1 Å². The van der Waals surface area contributed by atoms with E-state index in [1.807, 2.05) is 12.1 Å². The number of hydrogen-bond donors (Lipinski definition) is 0. The zero-order valence-corrected chi connectivity index (χ0v) is 13.6. The van der Waals surface area contributed by atoms with Gasteiger partial charge in [0, 0.05) is 36.9 Å². The SMILES string of the molecule is c1csc(-c2ccc(CN3CC(Oc4ccncc4)C3)cc2)c1. The molecule has 0 spiro atoms. The van der Waals surface area contributed by atoms with Crippen LogP contribution in [0.15, 0.2) is 66.3 Å². The van der Waals surface area contributed by atoms with Crippen molar-refractivity contribution in [1.29, 1.82) is 0 Å². The molecule has 3 aromatic rings. The zero-order chi connectivity index (χ0) is 15.5. The van der Waals surface area contributed by atoms with Crippen molar-refractivity contribution in [2.24, 2.45) is 0 Å². The summed E-state index contributed by atoms with van der Waals surface area (Å²) < 4.78 is 5.91. The Labute approximate surface area is 140 Å².